The summed E-state index contributed by atoms with van der Waals surface area (Å²) in [6.07, 6.45) is 0. The summed E-state index contributed by atoms with van der Waals surface area (Å²) in [7, 11) is 0. The van der Waals surface area contributed by atoms with E-state index in [2.05, 4.69) is 31.9 Å². The number of phenolic OH excluding ortho intramolecular Hbond substituents is 2. The molecule has 3 nitrogen and oxygen atoms in total. The van der Waals surface area contributed by atoms with Crippen molar-refractivity contribution < 1.29 is 14.9 Å². The predicted molar refractivity (Wildman–Crippen MR) is 81.7 cm³/mol. The smallest absolute Gasteiger partial charge is 0.148 e. The van der Waals surface area contributed by atoms with Crippen molar-refractivity contribution in [3.8, 4) is 23.0 Å². The molecule has 0 heterocycles. The lowest BCUT2D eigenvalue weighted by Crippen LogP contribution is -1.86. The van der Waals surface area contributed by atoms with E-state index in [1.165, 1.54) is 12.1 Å². The van der Waals surface area contributed by atoms with E-state index in [4.69, 9.17) is 27.9 Å². The maximum Gasteiger partial charge on any atom is 0.148 e. The number of rotatable bonds is 2. The molecule has 0 radical (unpaired) electrons. The number of benzene rings is 2. The first-order chi connectivity index (χ1) is 8.88. The van der Waals surface area contributed by atoms with Gasteiger partial charge in [0.25, 0.3) is 0 Å². The highest BCUT2D eigenvalue weighted by Crippen LogP contribution is 2.40. The van der Waals surface area contributed by atoms with Gasteiger partial charge in [0, 0.05) is 12.1 Å². The van der Waals surface area contributed by atoms with Gasteiger partial charge in [0.2, 0.25) is 0 Å². The van der Waals surface area contributed by atoms with E-state index in [0.717, 1.165) is 0 Å². The Morgan fingerprint density at radius 1 is 0.789 bits per heavy atom. The zero-order valence-electron chi connectivity index (χ0n) is 9.12. The van der Waals surface area contributed by atoms with Crippen LogP contribution < -0.4 is 4.74 Å². The molecule has 0 fully saturated rings. The van der Waals surface area contributed by atoms with Gasteiger partial charge in [0.05, 0.1) is 19.0 Å². The molecular formula is C12H6Br2Cl2O3. The molecule has 0 bridgehead atoms. The van der Waals surface area contributed by atoms with Crippen LogP contribution in [0.25, 0.3) is 0 Å². The van der Waals surface area contributed by atoms with Crippen LogP contribution in [-0.2, 0) is 0 Å². The van der Waals surface area contributed by atoms with Crippen LogP contribution in [0.1, 0.15) is 0 Å². The lowest BCUT2D eigenvalue weighted by atomic mass is 10.3. The third-order valence-electron chi connectivity index (χ3n) is 2.22. The van der Waals surface area contributed by atoms with Crippen molar-refractivity contribution in [2.45, 2.75) is 0 Å². The Labute approximate surface area is 136 Å². The number of hydrogen-bond donors (Lipinski definition) is 2. The number of halogens is 4. The maximum absolute atomic E-state index is 9.53. The summed E-state index contributed by atoms with van der Waals surface area (Å²) in [5, 5.41) is 19.4. The van der Waals surface area contributed by atoms with Crippen LogP contribution in [0.3, 0.4) is 0 Å². The molecule has 2 aromatic carbocycles. The van der Waals surface area contributed by atoms with Crippen molar-refractivity contribution in [1.29, 1.82) is 0 Å². The molecule has 19 heavy (non-hydrogen) atoms. The van der Waals surface area contributed by atoms with E-state index in [1.807, 2.05) is 0 Å². The zero-order chi connectivity index (χ0) is 14.2. The third-order valence-corrected chi connectivity index (χ3v) is 4.00. The molecule has 7 heteroatoms. The van der Waals surface area contributed by atoms with E-state index in [0.29, 0.717) is 20.4 Å². The number of aromatic hydroxyl groups is 2. The molecule has 0 aliphatic rings. The molecule has 0 spiro atoms. The largest absolute Gasteiger partial charge is 0.505 e. The van der Waals surface area contributed by atoms with Crippen LogP contribution in [0.2, 0.25) is 10.0 Å². The van der Waals surface area contributed by atoms with Gasteiger partial charge in [-0.3, -0.25) is 0 Å². The molecule has 0 aromatic heterocycles. The molecule has 2 aromatic rings. The lowest BCUT2D eigenvalue weighted by molar-refractivity contribution is 0.456. The summed E-state index contributed by atoms with van der Waals surface area (Å²) in [6, 6.07) is 6.07. The van der Waals surface area contributed by atoms with Crippen molar-refractivity contribution >= 4 is 55.1 Å². The second kappa shape index (κ2) is 5.79. The van der Waals surface area contributed by atoms with Gasteiger partial charge in [-0.25, -0.2) is 0 Å². The molecule has 0 saturated carbocycles. The van der Waals surface area contributed by atoms with Crippen LogP contribution in [0.4, 0.5) is 0 Å². The topological polar surface area (TPSA) is 49.7 Å². The molecule has 0 aliphatic heterocycles. The van der Waals surface area contributed by atoms with Gasteiger partial charge in [-0.1, -0.05) is 23.2 Å². The summed E-state index contributed by atoms with van der Waals surface area (Å²) < 4.78 is 6.39. The van der Waals surface area contributed by atoms with Crippen LogP contribution in [-0.4, -0.2) is 10.2 Å². The van der Waals surface area contributed by atoms with E-state index in [1.54, 1.807) is 12.1 Å². The Morgan fingerprint density at radius 2 is 1.16 bits per heavy atom. The van der Waals surface area contributed by atoms with Gasteiger partial charge in [0.1, 0.15) is 23.0 Å². The van der Waals surface area contributed by atoms with Gasteiger partial charge in [-0.15, -0.1) is 0 Å². The monoisotopic (exact) mass is 426 g/mol. The van der Waals surface area contributed by atoms with Crippen molar-refractivity contribution in [2.75, 3.05) is 0 Å². The molecule has 2 N–H and O–H groups in total. The molecule has 0 aliphatic carbocycles. The van der Waals surface area contributed by atoms with Gasteiger partial charge >= 0.3 is 0 Å². The highest BCUT2D eigenvalue weighted by molar-refractivity contribution is 9.10. The van der Waals surface area contributed by atoms with Crippen LogP contribution in [0.5, 0.6) is 23.0 Å². The van der Waals surface area contributed by atoms with Crippen LogP contribution >= 0.6 is 55.1 Å². The normalized spacial score (nSPS) is 10.5. The Morgan fingerprint density at radius 3 is 1.47 bits per heavy atom. The first kappa shape index (κ1) is 14.8. The highest BCUT2D eigenvalue weighted by atomic mass is 79.9. The van der Waals surface area contributed by atoms with Gasteiger partial charge in [-0.05, 0) is 44.0 Å². The molecule has 0 amide bonds. The second-order valence-electron chi connectivity index (χ2n) is 3.57. The predicted octanol–water partition coefficient (Wildman–Crippen LogP) is 5.72. The number of phenols is 2. The Kier molecular flexibility index (Phi) is 4.50. The molecule has 0 saturated heterocycles. The van der Waals surface area contributed by atoms with E-state index < -0.39 is 0 Å². The molecule has 100 valence electrons. The van der Waals surface area contributed by atoms with Gasteiger partial charge in [-0.2, -0.15) is 0 Å². The minimum atomic E-state index is -0.0565. The van der Waals surface area contributed by atoms with E-state index >= 15 is 0 Å². The summed E-state index contributed by atoms with van der Waals surface area (Å²) in [5.74, 6) is 0.726. The van der Waals surface area contributed by atoms with Crippen molar-refractivity contribution in [3.05, 3.63) is 43.3 Å². The Balaban J connectivity index is 2.36. The van der Waals surface area contributed by atoms with Gasteiger partial charge in [0.15, 0.2) is 0 Å². The average molecular weight is 429 g/mol. The Bertz CT molecular complexity index is 545. The van der Waals surface area contributed by atoms with Crippen LogP contribution in [0, 0.1) is 0 Å². The summed E-state index contributed by atoms with van der Waals surface area (Å²) in [4.78, 5) is 0. The summed E-state index contributed by atoms with van der Waals surface area (Å²) in [5.41, 5.74) is 0. The van der Waals surface area contributed by atoms with E-state index in [9.17, 15) is 10.2 Å². The fraction of sp³-hybridized carbons (Fsp3) is 0. The number of ether oxygens (including phenoxy) is 1. The SMILES string of the molecule is Oc1c(Cl)cc(Oc2cc(Cl)c(O)c(Br)c2)cc1Br. The molecule has 0 unspecified atom stereocenters. The van der Waals surface area contributed by atoms with Crippen molar-refractivity contribution in [3.63, 3.8) is 0 Å². The summed E-state index contributed by atoms with van der Waals surface area (Å²) >= 11 is 18.0. The van der Waals surface area contributed by atoms with Gasteiger partial charge < -0.3 is 14.9 Å². The van der Waals surface area contributed by atoms with E-state index in [-0.39, 0.29) is 21.5 Å². The van der Waals surface area contributed by atoms with Crippen molar-refractivity contribution in [1.82, 2.24) is 0 Å². The molecule has 0 atom stereocenters. The fourth-order valence-electron chi connectivity index (χ4n) is 1.34. The zero-order valence-corrected chi connectivity index (χ0v) is 13.8. The average Bonchev–Trinajstić information content (AvgIpc) is 2.33. The number of hydrogen-bond acceptors (Lipinski definition) is 3. The second-order valence-corrected chi connectivity index (χ2v) is 6.10. The van der Waals surface area contributed by atoms with Crippen LogP contribution in [0.15, 0.2) is 33.2 Å². The third kappa shape index (κ3) is 3.28. The Hall–Kier alpha value is -0.620. The first-order valence-electron chi connectivity index (χ1n) is 4.92. The lowest BCUT2D eigenvalue weighted by Gasteiger charge is -2.10. The standard InChI is InChI=1S/C12H6Br2Cl2O3/c13-7-1-5(3-9(15)11(7)17)19-6-2-8(14)12(18)10(16)4-6/h1-4,17-18H. The quantitative estimate of drug-likeness (QED) is 0.643. The highest BCUT2D eigenvalue weighted by Gasteiger charge is 2.11. The minimum Gasteiger partial charge on any atom is -0.505 e. The van der Waals surface area contributed by atoms with Crippen molar-refractivity contribution in [2.24, 2.45) is 0 Å². The molecular weight excluding hydrogens is 423 g/mol. The maximum atomic E-state index is 9.53. The fourth-order valence-corrected chi connectivity index (χ4v) is 2.86. The first-order valence-corrected chi connectivity index (χ1v) is 7.26. The molecule has 2 rings (SSSR count). The minimum absolute atomic E-state index is 0.0565. The summed E-state index contributed by atoms with van der Waals surface area (Å²) in [6.45, 7) is 0.